The molecule has 3 aromatic carbocycles. The van der Waals surface area contributed by atoms with Crippen LogP contribution < -0.4 is 9.62 Å². The zero-order chi connectivity index (χ0) is 27.9. The lowest BCUT2D eigenvalue weighted by Crippen LogP contribution is -2.53. The number of anilines is 1. The molecule has 9 heteroatoms. The molecular weight excluding hydrogens is 522 g/mol. The second-order valence-corrected chi connectivity index (χ2v) is 11.6. The lowest BCUT2D eigenvalue weighted by atomic mass is 10.1. The molecule has 0 aliphatic heterocycles. The predicted octanol–water partition coefficient (Wildman–Crippen LogP) is 5.18. The molecule has 3 rings (SSSR count). The average molecular weight is 556 g/mol. The zero-order valence-corrected chi connectivity index (χ0v) is 23.7. The minimum Gasteiger partial charge on any atom is -0.352 e. The molecule has 0 fully saturated rings. The minimum absolute atomic E-state index is 0.0512. The van der Waals surface area contributed by atoms with Crippen molar-refractivity contribution in [2.75, 3.05) is 10.8 Å². The van der Waals surface area contributed by atoms with Crippen LogP contribution in [0.25, 0.3) is 0 Å². The van der Waals surface area contributed by atoms with E-state index in [0.29, 0.717) is 22.7 Å². The topological polar surface area (TPSA) is 86.8 Å². The van der Waals surface area contributed by atoms with Crippen LogP contribution in [0.4, 0.5) is 5.69 Å². The van der Waals surface area contributed by atoms with E-state index in [-0.39, 0.29) is 23.4 Å². The van der Waals surface area contributed by atoms with Crippen molar-refractivity contribution in [2.45, 2.75) is 57.6 Å². The van der Waals surface area contributed by atoms with E-state index in [1.54, 1.807) is 60.7 Å². The molecule has 0 radical (unpaired) electrons. The van der Waals surface area contributed by atoms with Crippen molar-refractivity contribution in [1.29, 1.82) is 0 Å². The largest absolute Gasteiger partial charge is 0.352 e. The molecule has 3 aromatic rings. The van der Waals surface area contributed by atoms with Gasteiger partial charge in [-0.05, 0) is 68.7 Å². The highest BCUT2D eigenvalue weighted by atomic mass is 35.5. The zero-order valence-electron chi connectivity index (χ0n) is 22.1. The Bertz CT molecular complexity index is 1360. The van der Waals surface area contributed by atoms with Crippen molar-refractivity contribution in [1.82, 2.24) is 10.2 Å². The van der Waals surface area contributed by atoms with Gasteiger partial charge in [-0.2, -0.15) is 0 Å². The summed E-state index contributed by atoms with van der Waals surface area (Å²) >= 11 is 6.41. The Morgan fingerprint density at radius 1 is 0.947 bits per heavy atom. The van der Waals surface area contributed by atoms with Gasteiger partial charge in [0.2, 0.25) is 11.8 Å². The molecule has 202 valence electrons. The highest BCUT2D eigenvalue weighted by molar-refractivity contribution is 7.92. The van der Waals surface area contributed by atoms with Crippen LogP contribution in [0.15, 0.2) is 83.8 Å². The number of amides is 2. The standard InChI is InChI=1S/C29H34ClN3O4S/c1-5-27(29(35)31-21(2)3)32(19-23-13-9-10-17-26(23)30)28(34)20-33(24-14-11-12-22(4)18-24)38(36,37)25-15-7-6-8-16-25/h6-18,21,27H,5,19-20H2,1-4H3,(H,31,35)/t27-/m1/s1. The molecule has 7 nitrogen and oxygen atoms in total. The maximum absolute atomic E-state index is 14.0. The number of hydrogen-bond donors (Lipinski definition) is 1. The summed E-state index contributed by atoms with van der Waals surface area (Å²) in [4.78, 5) is 28.6. The van der Waals surface area contributed by atoms with Gasteiger partial charge in [0.1, 0.15) is 12.6 Å². The van der Waals surface area contributed by atoms with Crippen LogP contribution in [0.3, 0.4) is 0 Å². The van der Waals surface area contributed by atoms with E-state index < -0.39 is 28.5 Å². The second kappa shape index (κ2) is 12.9. The third-order valence-electron chi connectivity index (χ3n) is 6.02. The third-order valence-corrected chi connectivity index (χ3v) is 8.17. The maximum Gasteiger partial charge on any atom is 0.264 e. The van der Waals surface area contributed by atoms with Gasteiger partial charge in [-0.25, -0.2) is 8.42 Å². The fraction of sp³-hybridized carbons (Fsp3) is 0.310. The number of carbonyl (C=O) groups excluding carboxylic acids is 2. The lowest BCUT2D eigenvalue weighted by Gasteiger charge is -2.33. The van der Waals surface area contributed by atoms with Gasteiger partial charge in [-0.1, -0.05) is 67.1 Å². The monoisotopic (exact) mass is 555 g/mol. The van der Waals surface area contributed by atoms with E-state index in [1.165, 1.54) is 17.0 Å². The van der Waals surface area contributed by atoms with Gasteiger partial charge in [0.05, 0.1) is 10.6 Å². The first-order valence-corrected chi connectivity index (χ1v) is 14.3. The van der Waals surface area contributed by atoms with Crippen LogP contribution in [0.5, 0.6) is 0 Å². The molecule has 0 aliphatic rings. The number of nitrogens with zero attached hydrogens (tertiary/aromatic N) is 2. The molecule has 2 amide bonds. The predicted molar refractivity (Wildman–Crippen MR) is 152 cm³/mol. The van der Waals surface area contributed by atoms with Gasteiger partial charge >= 0.3 is 0 Å². The van der Waals surface area contributed by atoms with Crippen LogP contribution in [0, 0.1) is 6.92 Å². The molecule has 0 saturated heterocycles. The van der Waals surface area contributed by atoms with E-state index >= 15 is 0 Å². The summed E-state index contributed by atoms with van der Waals surface area (Å²) < 4.78 is 28.7. The van der Waals surface area contributed by atoms with E-state index in [2.05, 4.69) is 5.32 Å². The van der Waals surface area contributed by atoms with E-state index in [0.717, 1.165) is 9.87 Å². The normalized spacial score (nSPS) is 12.2. The Kier molecular flexibility index (Phi) is 9.94. The van der Waals surface area contributed by atoms with Gasteiger partial charge < -0.3 is 10.2 Å². The van der Waals surface area contributed by atoms with Crippen molar-refractivity contribution in [3.63, 3.8) is 0 Å². The van der Waals surface area contributed by atoms with Crippen LogP contribution in [0.2, 0.25) is 5.02 Å². The van der Waals surface area contributed by atoms with Gasteiger partial charge in [0.15, 0.2) is 0 Å². The first-order chi connectivity index (χ1) is 18.0. The number of carbonyl (C=O) groups is 2. The number of aryl methyl sites for hydroxylation is 1. The highest BCUT2D eigenvalue weighted by Crippen LogP contribution is 2.26. The lowest BCUT2D eigenvalue weighted by molar-refractivity contribution is -0.140. The number of benzene rings is 3. The Balaban J connectivity index is 2.07. The molecule has 0 spiro atoms. The van der Waals surface area contributed by atoms with Crippen LogP contribution >= 0.6 is 11.6 Å². The number of rotatable bonds is 11. The number of hydrogen-bond acceptors (Lipinski definition) is 4. The summed E-state index contributed by atoms with van der Waals surface area (Å²) in [5.41, 5.74) is 1.87. The molecule has 0 heterocycles. The first-order valence-electron chi connectivity index (χ1n) is 12.5. The first kappa shape index (κ1) is 29.2. The van der Waals surface area contributed by atoms with Gasteiger partial charge in [-0.3, -0.25) is 13.9 Å². The van der Waals surface area contributed by atoms with E-state index in [1.807, 2.05) is 33.8 Å². The SMILES string of the molecule is CC[C@H](C(=O)NC(C)C)N(Cc1ccccc1Cl)C(=O)CN(c1cccc(C)c1)S(=O)(=O)c1ccccc1. The van der Waals surface area contributed by atoms with Crippen molar-refractivity contribution >= 4 is 39.1 Å². The van der Waals surface area contributed by atoms with Crippen molar-refractivity contribution in [3.8, 4) is 0 Å². The summed E-state index contributed by atoms with van der Waals surface area (Å²) in [5.74, 6) is -0.826. The Labute approximate surface area is 230 Å². The summed E-state index contributed by atoms with van der Waals surface area (Å²) in [7, 11) is -4.09. The third kappa shape index (κ3) is 7.14. The van der Waals surface area contributed by atoms with Crippen molar-refractivity contribution in [3.05, 3.63) is 95.0 Å². The summed E-state index contributed by atoms with van der Waals surface area (Å²) in [6.45, 7) is 6.92. The van der Waals surface area contributed by atoms with Crippen molar-refractivity contribution in [2.24, 2.45) is 0 Å². The fourth-order valence-electron chi connectivity index (χ4n) is 4.14. The van der Waals surface area contributed by atoms with Crippen LogP contribution in [-0.2, 0) is 26.2 Å². The second-order valence-electron chi connectivity index (χ2n) is 9.36. The minimum atomic E-state index is -4.09. The number of nitrogens with one attached hydrogen (secondary N) is 1. The molecule has 0 saturated carbocycles. The van der Waals surface area contributed by atoms with Gasteiger partial charge in [0, 0.05) is 17.6 Å². The Morgan fingerprint density at radius 2 is 1.61 bits per heavy atom. The maximum atomic E-state index is 14.0. The molecule has 0 bridgehead atoms. The van der Waals surface area contributed by atoms with Crippen molar-refractivity contribution < 1.29 is 18.0 Å². The quantitative estimate of drug-likeness (QED) is 0.353. The Morgan fingerprint density at radius 3 is 2.21 bits per heavy atom. The van der Waals surface area contributed by atoms with Gasteiger partial charge in [0.25, 0.3) is 10.0 Å². The molecule has 0 unspecified atom stereocenters. The summed E-state index contributed by atoms with van der Waals surface area (Å²) in [6, 6.07) is 21.1. The molecule has 38 heavy (non-hydrogen) atoms. The molecule has 1 N–H and O–H groups in total. The van der Waals surface area contributed by atoms with E-state index in [4.69, 9.17) is 11.6 Å². The average Bonchev–Trinajstić information content (AvgIpc) is 2.88. The van der Waals surface area contributed by atoms with Gasteiger partial charge in [-0.15, -0.1) is 0 Å². The summed E-state index contributed by atoms with van der Waals surface area (Å²) in [5, 5.41) is 3.34. The Hall–Kier alpha value is -3.36. The van der Waals surface area contributed by atoms with Crippen LogP contribution in [0.1, 0.15) is 38.3 Å². The number of sulfonamides is 1. The molecule has 0 aromatic heterocycles. The smallest absolute Gasteiger partial charge is 0.264 e. The fourth-order valence-corrected chi connectivity index (χ4v) is 5.76. The summed E-state index contributed by atoms with van der Waals surface area (Å²) in [6.07, 6.45) is 0.338. The molecule has 1 atom stereocenters. The highest BCUT2D eigenvalue weighted by Gasteiger charge is 2.34. The molecule has 0 aliphatic carbocycles. The number of halogens is 1. The van der Waals surface area contributed by atoms with Crippen LogP contribution in [-0.4, -0.2) is 43.8 Å². The molecular formula is C29H34ClN3O4S. The van der Waals surface area contributed by atoms with E-state index in [9.17, 15) is 18.0 Å².